The van der Waals surface area contributed by atoms with Crippen LogP contribution in [0, 0.1) is 5.92 Å². The number of amides is 2. The summed E-state index contributed by atoms with van der Waals surface area (Å²) in [5.74, 6) is -4.33. The molecule has 0 spiro atoms. The van der Waals surface area contributed by atoms with Gasteiger partial charge < -0.3 is 43.4 Å². The maximum atomic E-state index is 13.7. The van der Waals surface area contributed by atoms with E-state index in [4.69, 9.17) is 33.2 Å². The van der Waals surface area contributed by atoms with Crippen LogP contribution in [-0.2, 0) is 56.0 Å². The van der Waals surface area contributed by atoms with Gasteiger partial charge in [-0.15, -0.1) is 0 Å². The quantitative estimate of drug-likeness (QED) is 0.178. The number of aliphatic hydroxyl groups is 2. The highest BCUT2D eigenvalue weighted by molar-refractivity contribution is 9.11. The summed E-state index contributed by atoms with van der Waals surface area (Å²) in [6.45, 7) is 3.35. The molecule has 0 aliphatic carbocycles. The van der Waals surface area contributed by atoms with E-state index in [0.717, 1.165) is 21.6 Å². The molecule has 3 heterocycles. The minimum atomic E-state index is -1.99. The summed E-state index contributed by atoms with van der Waals surface area (Å²) < 4.78 is 42.7. The molecule has 0 aromatic heterocycles. The van der Waals surface area contributed by atoms with E-state index in [1.807, 2.05) is 91.0 Å². The van der Waals surface area contributed by atoms with Crippen molar-refractivity contribution in [1.82, 2.24) is 4.90 Å². The average molecular weight is 839 g/mol. The number of benzene rings is 3. The van der Waals surface area contributed by atoms with E-state index in [0.29, 0.717) is 0 Å². The number of ketones is 1. The number of cyclic esters (lactones) is 1. The molecule has 14 heteroatoms. The summed E-state index contributed by atoms with van der Waals surface area (Å²) >= 11 is 3.30. The Hall–Kier alpha value is -3.83. The van der Waals surface area contributed by atoms with Gasteiger partial charge in [0.25, 0.3) is 0 Å². The molecule has 2 fully saturated rings. The Morgan fingerprint density at radius 2 is 1.48 bits per heavy atom. The molecule has 3 aliphatic rings. The first-order chi connectivity index (χ1) is 27.0. The van der Waals surface area contributed by atoms with Crippen molar-refractivity contribution in [3.05, 3.63) is 118 Å². The summed E-state index contributed by atoms with van der Waals surface area (Å²) in [5.41, 5.74) is 2.58. The van der Waals surface area contributed by atoms with Gasteiger partial charge in [0, 0.05) is 20.1 Å². The zero-order valence-corrected chi connectivity index (χ0v) is 33.1. The molecular weight excluding hydrogens is 790 g/mol. The third-order valence-electron chi connectivity index (χ3n) is 10.3. The number of aliphatic hydroxyl groups excluding tert-OH is 1. The number of imide groups is 1. The standard InChI is InChI=1S/C42H48BrNO12/c1-26(39(47)44-27(2)35(55-41(44)48)30-18-11-6-12-19-30)34-31(46)22-33(43)42(49,56-34)20-13-21-51-38-37(53-25-29-16-9-5-10-17-29)36(32(23-45)54-40(38)50-3)52-24-28-14-7-4-8-15-28/h4-12,14-19,22,26-27,32,34-38,40,45,49H,13,20-21,23-25H2,1-3H3. The highest BCUT2D eigenvalue weighted by atomic mass is 79.9. The molecule has 3 aromatic rings. The second-order valence-electron chi connectivity index (χ2n) is 14.1. The Bertz CT molecular complexity index is 1800. The second-order valence-corrected chi connectivity index (χ2v) is 14.9. The predicted molar refractivity (Wildman–Crippen MR) is 205 cm³/mol. The fourth-order valence-corrected chi connectivity index (χ4v) is 7.73. The zero-order valence-electron chi connectivity index (χ0n) is 31.5. The molecule has 0 bridgehead atoms. The lowest BCUT2D eigenvalue weighted by molar-refractivity contribution is -0.320. The van der Waals surface area contributed by atoms with Crippen molar-refractivity contribution in [1.29, 1.82) is 0 Å². The molecule has 10 atom stereocenters. The van der Waals surface area contributed by atoms with Crippen LogP contribution in [0.15, 0.2) is 102 Å². The summed E-state index contributed by atoms with van der Waals surface area (Å²) in [6, 6.07) is 27.7. The van der Waals surface area contributed by atoms with Crippen LogP contribution in [0.4, 0.5) is 4.79 Å². The van der Waals surface area contributed by atoms with Gasteiger partial charge in [-0.3, -0.25) is 9.59 Å². The summed E-state index contributed by atoms with van der Waals surface area (Å²) in [6.07, 6.45) is -5.52. The number of carbonyl (C=O) groups is 3. The SMILES string of the molecule is COC1OC(CO)C(OCc2ccccc2)C(OCc2ccccc2)C1OCCCC1(O)OC(C(C)C(=O)N2C(=O)OC(c3ccccc3)C2C)C(=O)C=C1Br. The number of hydrogen-bond acceptors (Lipinski definition) is 12. The maximum Gasteiger partial charge on any atom is 0.417 e. The number of methoxy groups -OCH3 is 1. The van der Waals surface area contributed by atoms with Gasteiger partial charge in [-0.25, -0.2) is 9.69 Å². The topological polar surface area (TPSA) is 160 Å². The van der Waals surface area contributed by atoms with Crippen molar-refractivity contribution < 1.29 is 57.8 Å². The Morgan fingerprint density at radius 1 is 0.893 bits per heavy atom. The molecule has 2 saturated heterocycles. The largest absolute Gasteiger partial charge is 0.439 e. The number of ether oxygens (including phenoxy) is 7. The van der Waals surface area contributed by atoms with Crippen molar-refractivity contribution in [2.45, 2.75) is 94.6 Å². The highest BCUT2D eigenvalue weighted by Crippen LogP contribution is 2.39. The fraction of sp³-hybridized carbons (Fsp3) is 0.452. The van der Waals surface area contributed by atoms with Crippen LogP contribution < -0.4 is 0 Å². The number of hydrogen-bond donors (Lipinski definition) is 2. The fourth-order valence-electron chi connectivity index (χ4n) is 7.21. The van der Waals surface area contributed by atoms with E-state index >= 15 is 0 Å². The predicted octanol–water partition coefficient (Wildman–Crippen LogP) is 5.37. The van der Waals surface area contributed by atoms with Crippen LogP contribution in [0.1, 0.15) is 49.5 Å². The number of rotatable bonds is 16. The lowest BCUT2D eigenvalue weighted by Crippen LogP contribution is -2.61. The molecule has 3 aliphatic heterocycles. The van der Waals surface area contributed by atoms with Crippen LogP contribution in [0.5, 0.6) is 0 Å². The highest BCUT2D eigenvalue weighted by Gasteiger charge is 2.51. The van der Waals surface area contributed by atoms with E-state index in [1.54, 1.807) is 6.92 Å². The van der Waals surface area contributed by atoms with Crippen molar-refractivity contribution in [2.75, 3.05) is 20.3 Å². The first-order valence-corrected chi connectivity index (χ1v) is 19.5. The van der Waals surface area contributed by atoms with Gasteiger partial charge in [-0.1, -0.05) is 97.9 Å². The van der Waals surface area contributed by atoms with Gasteiger partial charge >= 0.3 is 6.09 Å². The molecule has 0 radical (unpaired) electrons. The first-order valence-electron chi connectivity index (χ1n) is 18.7. The van der Waals surface area contributed by atoms with Gasteiger partial charge in [0.2, 0.25) is 5.91 Å². The monoisotopic (exact) mass is 837 g/mol. The molecule has 300 valence electrons. The Morgan fingerprint density at radius 3 is 2.07 bits per heavy atom. The molecule has 2 N–H and O–H groups in total. The minimum Gasteiger partial charge on any atom is -0.439 e. The maximum absolute atomic E-state index is 13.7. The summed E-state index contributed by atoms with van der Waals surface area (Å²) in [5, 5.41) is 22.1. The van der Waals surface area contributed by atoms with Crippen LogP contribution in [0.25, 0.3) is 0 Å². The number of halogens is 1. The molecular formula is C42H48BrNO12. The molecule has 10 unspecified atom stereocenters. The van der Waals surface area contributed by atoms with Gasteiger partial charge in [-0.05, 0) is 52.0 Å². The van der Waals surface area contributed by atoms with Gasteiger partial charge in [0.05, 0.1) is 36.3 Å². The molecule has 6 rings (SSSR count). The lowest BCUT2D eigenvalue weighted by Gasteiger charge is -2.45. The zero-order chi connectivity index (χ0) is 39.8. The smallest absolute Gasteiger partial charge is 0.417 e. The third kappa shape index (κ3) is 9.47. The molecule has 56 heavy (non-hydrogen) atoms. The second kappa shape index (κ2) is 19.1. The Balaban J connectivity index is 1.12. The summed E-state index contributed by atoms with van der Waals surface area (Å²) in [7, 11) is 1.47. The van der Waals surface area contributed by atoms with Gasteiger partial charge in [0.15, 0.2) is 17.9 Å². The van der Waals surface area contributed by atoms with Crippen LogP contribution in [0.2, 0.25) is 0 Å². The Labute approximate surface area is 334 Å². The van der Waals surface area contributed by atoms with Crippen LogP contribution in [-0.4, -0.2) is 102 Å². The van der Waals surface area contributed by atoms with Crippen molar-refractivity contribution in [3.8, 4) is 0 Å². The van der Waals surface area contributed by atoms with Gasteiger partial charge in [-0.2, -0.15) is 0 Å². The first kappa shape index (κ1) is 41.8. The molecule has 2 amide bonds. The van der Waals surface area contributed by atoms with Crippen molar-refractivity contribution in [2.24, 2.45) is 5.92 Å². The van der Waals surface area contributed by atoms with Gasteiger partial charge in [0.1, 0.15) is 36.6 Å². The van der Waals surface area contributed by atoms with Crippen molar-refractivity contribution in [3.63, 3.8) is 0 Å². The van der Waals surface area contributed by atoms with E-state index in [9.17, 15) is 24.6 Å². The Kier molecular flexibility index (Phi) is 14.2. The number of nitrogens with zero attached hydrogens (tertiary/aromatic N) is 1. The molecule has 13 nitrogen and oxygen atoms in total. The summed E-state index contributed by atoms with van der Waals surface area (Å²) in [4.78, 5) is 40.9. The van der Waals surface area contributed by atoms with E-state index in [1.165, 1.54) is 20.1 Å². The third-order valence-corrected chi connectivity index (χ3v) is 11.1. The van der Waals surface area contributed by atoms with Crippen LogP contribution >= 0.6 is 15.9 Å². The minimum absolute atomic E-state index is 0.0407. The van der Waals surface area contributed by atoms with Crippen molar-refractivity contribution >= 4 is 33.7 Å². The van der Waals surface area contributed by atoms with E-state index < -0.39 is 78.4 Å². The molecule has 3 aromatic carbocycles. The van der Waals surface area contributed by atoms with E-state index in [2.05, 4.69) is 15.9 Å². The average Bonchev–Trinajstić information content (AvgIpc) is 3.52. The van der Waals surface area contributed by atoms with E-state index in [-0.39, 0.29) is 43.8 Å². The number of carbonyl (C=O) groups excluding carboxylic acids is 3. The molecule has 0 saturated carbocycles. The normalized spacial score (nSPS) is 29.8. The van der Waals surface area contributed by atoms with Crippen LogP contribution in [0.3, 0.4) is 0 Å². The lowest BCUT2D eigenvalue weighted by atomic mass is 9.93.